The molecule has 1 saturated carbocycles. The van der Waals surface area contributed by atoms with Gasteiger partial charge in [0, 0.05) is 40.8 Å². The lowest BCUT2D eigenvalue weighted by atomic mass is 9.89. The first-order valence-electron chi connectivity index (χ1n) is 11.4. The topological polar surface area (TPSA) is 79.5 Å². The number of hydrogen-bond acceptors (Lipinski definition) is 4. The zero-order valence-corrected chi connectivity index (χ0v) is 19.9. The molecule has 174 valence electrons. The van der Waals surface area contributed by atoms with Crippen LogP contribution in [0.15, 0.2) is 57.7 Å². The van der Waals surface area contributed by atoms with Gasteiger partial charge in [-0.3, -0.25) is 9.59 Å². The Morgan fingerprint density at radius 3 is 2.47 bits per heavy atom. The molecule has 0 aromatic heterocycles. The molecule has 2 aliphatic carbocycles. The third-order valence-corrected chi connectivity index (χ3v) is 7.15. The number of phenols is 1. The second-order valence-corrected chi connectivity index (χ2v) is 9.66. The van der Waals surface area contributed by atoms with Crippen molar-refractivity contribution in [1.29, 1.82) is 0 Å². The highest BCUT2D eigenvalue weighted by molar-refractivity contribution is 6.33. The van der Waals surface area contributed by atoms with Crippen LogP contribution in [0.3, 0.4) is 0 Å². The fourth-order valence-electron chi connectivity index (χ4n) is 4.73. The number of hydrogen-bond donors (Lipinski definition) is 2. The normalized spacial score (nSPS) is 14.5. The van der Waals surface area contributed by atoms with E-state index >= 15 is 0 Å². The lowest BCUT2D eigenvalue weighted by Crippen LogP contribution is -2.30. The van der Waals surface area contributed by atoms with Crippen molar-refractivity contribution in [1.82, 2.24) is 5.32 Å². The van der Waals surface area contributed by atoms with Crippen molar-refractivity contribution in [2.24, 2.45) is 5.92 Å². The molecule has 5 rings (SSSR count). The van der Waals surface area contributed by atoms with E-state index in [0.29, 0.717) is 40.3 Å². The predicted octanol–water partition coefficient (Wildman–Crippen LogP) is 6.89. The quantitative estimate of drug-likeness (QED) is 0.302. The van der Waals surface area contributed by atoms with Crippen LogP contribution in [0, 0.1) is 5.92 Å². The Labute approximate surface area is 206 Å². The molecule has 0 radical (unpaired) electrons. The Bertz CT molecular complexity index is 1410. The van der Waals surface area contributed by atoms with Crippen LogP contribution in [-0.2, 0) is 0 Å². The van der Waals surface area contributed by atoms with Gasteiger partial charge in [0.1, 0.15) is 17.1 Å². The molecule has 2 aromatic carbocycles. The minimum Gasteiger partial charge on any atom is -0.506 e. The van der Waals surface area contributed by atoms with Crippen molar-refractivity contribution >= 4 is 40.1 Å². The molecule has 0 unspecified atom stereocenters. The van der Waals surface area contributed by atoms with Gasteiger partial charge in [-0.25, -0.2) is 0 Å². The fourth-order valence-corrected chi connectivity index (χ4v) is 5.06. The fraction of sp³-hybridized carbons (Fsp3) is 0.259. The maximum Gasteiger partial charge on any atom is 0.251 e. The van der Waals surface area contributed by atoms with E-state index in [1.165, 1.54) is 44.2 Å². The number of halogens is 2. The summed E-state index contributed by atoms with van der Waals surface area (Å²) in [4.78, 5) is 24.8. The molecule has 1 amide bonds. The van der Waals surface area contributed by atoms with E-state index < -0.39 is 0 Å². The highest BCUT2D eigenvalue weighted by Gasteiger charge is 2.21. The number of rotatable bonds is 4. The summed E-state index contributed by atoms with van der Waals surface area (Å²) in [7, 11) is 0. The Balaban J connectivity index is 1.54. The third kappa shape index (κ3) is 4.38. The van der Waals surface area contributed by atoms with Gasteiger partial charge in [-0.1, -0.05) is 54.6 Å². The smallest absolute Gasteiger partial charge is 0.251 e. The number of phenolic OH excluding ortho intramolecular Hbond substituents is 1. The van der Waals surface area contributed by atoms with Crippen molar-refractivity contribution in [2.45, 2.75) is 32.1 Å². The van der Waals surface area contributed by atoms with Crippen LogP contribution in [0.4, 0.5) is 0 Å². The minimum absolute atomic E-state index is 0.0758. The zero-order chi connectivity index (χ0) is 23.8. The Hall–Kier alpha value is -3.02. The molecule has 7 heteroatoms. The summed E-state index contributed by atoms with van der Waals surface area (Å²) in [6, 6.07) is 13.2. The SMILES string of the molecule is O=C(NCC1CCCCC1)c1ccc(-c2c3cc(Cl)c(=O)cc-3oc3cc(O)c(Cl)cc23)cc1. The van der Waals surface area contributed by atoms with Crippen LogP contribution in [0.25, 0.3) is 33.4 Å². The lowest BCUT2D eigenvalue weighted by Gasteiger charge is -2.21. The minimum atomic E-state index is -0.355. The Kier molecular flexibility index (Phi) is 6.24. The number of carbonyl (C=O) groups is 1. The maximum atomic E-state index is 12.7. The summed E-state index contributed by atoms with van der Waals surface area (Å²) in [5.41, 5.74) is 2.77. The van der Waals surface area contributed by atoms with Crippen molar-refractivity contribution in [3.05, 3.63) is 74.4 Å². The molecular weight excluding hydrogens is 473 g/mol. The average molecular weight is 496 g/mol. The standard InChI is InChI=1S/C27H23Cl2NO4/c28-20-10-18-24(12-22(20)31)34-25-13-23(32)21(29)11-19(25)26(18)16-6-8-17(9-7-16)27(33)30-14-15-4-2-1-3-5-15/h6-13,15,31H,1-5,14H2,(H,30,33). The summed E-state index contributed by atoms with van der Waals surface area (Å²) in [5.74, 6) is 0.680. The maximum absolute atomic E-state index is 12.7. The molecule has 3 aliphatic rings. The highest BCUT2D eigenvalue weighted by Crippen LogP contribution is 2.43. The van der Waals surface area contributed by atoms with Crippen LogP contribution >= 0.6 is 23.2 Å². The summed E-state index contributed by atoms with van der Waals surface area (Å²) in [6.45, 7) is 0.702. The summed E-state index contributed by atoms with van der Waals surface area (Å²) < 4.78 is 5.89. The van der Waals surface area contributed by atoms with E-state index in [0.717, 1.165) is 11.1 Å². The second kappa shape index (κ2) is 9.32. The number of fused-ring (bicyclic) bond motifs is 2. The van der Waals surface area contributed by atoms with Crippen LogP contribution in [-0.4, -0.2) is 17.6 Å². The number of aromatic hydroxyl groups is 1. The van der Waals surface area contributed by atoms with Crippen LogP contribution in [0.5, 0.6) is 5.75 Å². The van der Waals surface area contributed by atoms with Crippen molar-refractivity contribution in [3.63, 3.8) is 0 Å². The molecule has 0 saturated heterocycles. The molecule has 1 aliphatic heterocycles. The molecule has 0 spiro atoms. The first-order valence-corrected chi connectivity index (χ1v) is 12.1. The molecule has 34 heavy (non-hydrogen) atoms. The largest absolute Gasteiger partial charge is 0.506 e. The molecule has 0 bridgehead atoms. The van der Waals surface area contributed by atoms with E-state index in [1.54, 1.807) is 24.3 Å². The van der Waals surface area contributed by atoms with E-state index in [4.69, 9.17) is 27.6 Å². The summed E-state index contributed by atoms with van der Waals surface area (Å²) in [6.07, 6.45) is 6.10. The van der Waals surface area contributed by atoms with Gasteiger partial charge in [-0.15, -0.1) is 0 Å². The van der Waals surface area contributed by atoms with Gasteiger partial charge in [0.15, 0.2) is 0 Å². The zero-order valence-electron chi connectivity index (χ0n) is 18.4. The number of amides is 1. The van der Waals surface area contributed by atoms with E-state index in [9.17, 15) is 14.7 Å². The first kappa shape index (κ1) is 22.8. The molecule has 2 aromatic rings. The molecule has 1 fully saturated rings. The lowest BCUT2D eigenvalue weighted by molar-refractivity contribution is 0.0943. The van der Waals surface area contributed by atoms with Gasteiger partial charge < -0.3 is 14.8 Å². The number of benzene rings is 3. The van der Waals surface area contributed by atoms with Gasteiger partial charge in [0.25, 0.3) is 5.91 Å². The van der Waals surface area contributed by atoms with Crippen molar-refractivity contribution < 1.29 is 14.3 Å². The molecule has 2 N–H and O–H groups in total. The Morgan fingerprint density at radius 1 is 1.00 bits per heavy atom. The summed E-state index contributed by atoms with van der Waals surface area (Å²) >= 11 is 12.3. The van der Waals surface area contributed by atoms with Gasteiger partial charge >= 0.3 is 0 Å². The monoisotopic (exact) mass is 495 g/mol. The third-order valence-electron chi connectivity index (χ3n) is 6.55. The van der Waals surface area contributed by atoms with Gasteiger partial charge in [0.05, 0.1) is 10.0 Å². The first-order chi connectivity index (χ1) is 16.4. The van der Waals surface area contributed by atoms with E-state index in [1.807, 2.05) is 12.1 Å². The van der Waals surface area contributed by atoms with E-state index in [2.05, 4.69) is 5.32 Å². The molecule has 1 heterocycles. The Morgan fingerprint density at radius 2 is 1.74 bits per heavy atom. The molecule has 5 nitrogen and oxygen atoms in total. The van der Waals surface area contributed by atoms with Gasteiger partial charge in [0.2, 0.25) is 5.43 Å². The van der Waals surface area contributed by atoms with Crippen molar-refractivity contribution in [2.75, 3.05) is 6.54 Å². The van der Waals surface area contributed by atoms with Crippen LogP contribution in [0.1, 0.15) is 42.5 Å². The van der Waals surface area contributed by atoms with Gasteiger partial charge in [-0.2, -0.15) is 0 Å². The number of nitrogens with one attached hydrogen (secondary N) is 1. The summed E-state index contributed by atoms with van der Waals surface area (Å²) in [5, 5.41) is 14.0. The predicted molar refractivity (Wildman–Crippen MR) is 135 cm³/mol. The molecule has 0 atom stereocenters. The average Bonchev–Trinajstić information content (AvgIpc) is 2.84. The second-order valence-electron chi connectivity index (χ2n) is 8.85. The van der Waals surface area contributed by atoms with Crippen LogP contribution in [0.2, 0.25) is 10.0 Å². The highest BCUT2D eigenvalue weighted by atomic mass is 35.5. The van der Waals surface area contributed by atoms with Gasteiger partial charge in [-0.05, 0) is 48.6 Å². The van der Waals surface area contributed by atoms with Crippen molar-refractivity contribution in [3.8, 4) is 28.2 Å². The van der Waals surface area contributed by atoms with Crippen LogP contribution < -0.4 is 10.7 Å². The number of carbonyl (C=O) groups excluding carboxylic acids is 1. The molecular formula is C27H23Cl2NO4. The van der Waals surface area contributed by atoms with E-state index in [-0.39, 0.29) is 27.1 Å².